The zero-order valence-corrected chi connectivity index (χ0v) is 13.8. The topological polar surface area (TPSA) is 12.9 Å². The van der Waals surface area contributed by atoms with Gasteiger partial charge in [0, 0.05) is 20.8 Å². The molecule has 3 aromatic carbocycles. The van der Waals surface area contributed by atoms with Gasteiger partial charge in [0.25, 0.3) is 0 Å². The molecule has 4 aromatic rings. The number of hydrogen-bond donors (Lipinski definition) is 0. The molecule has 1 heterocycles. The first-order valence-electron chi connectivity index (χ1n) is 7.27. The number of benzene rings is 3. The normalized spacial score (nSPS) is 11.2. The Kier molecular flexibility index (Phi) is 3.20. The van der Waals surface area contributed by atoms with E-state index in [4.69, 9.17) is 4.98 Å². The first kappa shape index (κ1) is 13.5. The molecule has 0 saturated carbocycles. The van der Waals surface area contributed by atoms with Crippen LogP contribution in [0.5, 0.6) is 0 Å². The Morgan fingerprint density at radius 1 is 0.773 bits per heavy atom. The van der Waals surface area contributed by atoms with Crippen molar-refractivity contribution in [3.63, 3.8) is 0 Å². The van der Waals surface area contributed by atoms with Crippen LogP contribution in [0.15, 0.2) is 71.2 Å². The van der Waals surface area contributed by atoms with Crippen LogP contribution in [0.25, 0.3) is 32.9 Å². The Labute approximate surface area is 137 Å². The number of rotatable bonds is 1. The molecule has 1 nitrogen and oxygen atoms in total. The highest BCUT2D eigenvalue weighted by molar-refractivity contribution is 9.10. The molecule has 0 fully saturated rings. The van der Waals surface area contributed by atoms with E-state index < -0.39 is 0 Å². The summed E-state index contributed by atoms with van der Waals surface area (Å²) in [5, 5.41) is 2.38. The number of nitrogens with zero attached hydrogens (tertiary/aromatic N) is 1. The van der Waals surface area contributed by atoms with Crippen molar-refractivity contribution < 1.29 is 0 Å². The molecule has 0 aliphatic carbocycles. The second-order valence-corrected chi connectivity index (χ2v) is 6.45. The lowest BCUT2D eigenvalue weighted by molar-refractivity contribution is 1.45. The van der Waals surface area contributed by atoms with Crippen LogP contribution in [0.4, 0.5) is 0 Å². The summed E-state index contributed by atoms with van der Waals surface area (Å²) < 4.78 is 1.07. The van der Waals surface area contributed by atoms with Crippen molar-refractivity contribution >= 4 is 37.7 Å². The fourth-order valence-corrected chi connectivity index (χ4v) is 3.31. The first-order valence-corrected chi connectivity index (χ1v) is 8.07. The fourth-order valence-electron chi connectivity index (χ4n) is 2.94. The Morgan fingerprint density at radius 3 is 2.23 bits per heavy atom. The van der Waals surface area contributed by atoms with Crippen LogP contribution in [0.1, 0.15) is 5.56 Å². The van der Waals surface area contributed by atoms with E-state index in [1.165, 1.54) is 27.5 Å². The van der Waals surface area contributed by atoms with Gasteiger partial charge in [-0.05, 0) is 42.8 Å². The summed E-state index contributed by atoms with van der Waals surface area (Å²) in [6.07, 6.45) is 0. The summed E-state index contributed by atoms with van der Waals surface area (Å²) in [6, 6.07) is 23.3. The zero-order valence-electron chi connectivity index (χ0n) is 12.2. The van der Waals surface area contributed by atoms with E-state index >= 15 is 0 Å². The van der Waals surface area contributed by atoms with Gasteiger partial charge < -0.3 is 0 Å². The van der Waals surface area contributed by atoms with E-state index in [0.717, 1.165) is 15.5 Å². The Hall–Kier alpha value is -2.19. The third-order valence-corrected chi connectivity index (χ3v) is 4.45. The van der Waals surface area contributed by atoms with Crippen molar-refractivity contribution in [1.29, 1.82) is 0 Å². The molecule has 0 unspecified atom stereocenters. The molecule has 0 radical (unpaired) electrons. The van der Waals surface area contributed by atoms with Gasteiger partial charge in [-0.3, -0.25) is 0 Å². The lowest BCUT2D eigenvalue weighted by Crippen LogP contribution is -1.90. The molecule has 0 N–H and O–H groups in total. The van der Waals surface area contributed by atoms with E-state index in [1.54, 1.807) is 0 Å². The number of aryl methyl sites for hydroxylation is 1. The Balaban J connectivity index is 2.24. The van der Waals surface area contributed by atoms with Crippen molar-refractivity contribution in [2.45, 2.75) is 6.92 Å². The minimum Gasteiger partial charge on any atom is -0.248 e. The maximum Gasteiger partial charge on any atom is 0.0716 e. The minimum absolute atomic E-state index is 1.03. The second kappa shape index (κ2) is 5.22. The second-order valence-electron chi connectivity index (χ2n) is 5.53. The SMILES string of the molecule is Cc1ccc2nc3ccc(Br)cc3c(-c3ccccc3)c2c1. The number of fused-ring (bicyclic) bond motifs is 2. The van der Waals surface area contributed by atoms with Crippen LogP contribution < -0.4 is 0 Å². The van der Waals surface area contributed by atoms with Crippen LogP contribution >= 0.6 is 15.9 Å². The predicted octanol–water partition coefficient (Wildman–Crippen LogP) is 6.13. The highest BCUT2D eigenvalue weighted by Crippen LogP contribution is 2.36. The first-order chi connectivity index (χ1) is 10.7. The predicted molar refractivity (Wildman–Crippen MR) is 97.1 cm³/mol. The monoisotopic (exact) mass is 347 g/mol. The molecule has 1 aromatic heterocycles. The van der Waals surface area contributed by atoms with Crippen LogP contribution in [0.2, 0.25) is 0 Å². The maximum atomic E-state index is 4.83. The molecule has 0 bridgehead atoms. The largest absolute Gasteiger partial charge is 0.248 e. The molecule has 4 rings (SSSR count). The Bertz CT molecular complexity index is 931. The Morgan fingerprint density at radius 2 is 1.45 bits per heavy atom. The number of aromatic nitrogens is 1. The van der Waals surface area contributed by atoms with Crippen LogP contribution in [0, 0.1) is 6.92 Å². The molecule has 0 aliphatic rings. The standard InChI is InChI=1S/C20H14BrN/c1-13-7-9-18-16(11-13)20(14-5-3-2-4-6-14)17-12-15(21)8-10-19(17)22-18/h2-12H,1H3. The maximum absolute atomic E-state index is 4.83. The van der Waals surface area contributed by atoms with Gasteiger partial charge in [0.15, 0.2) is 0 Å². The smallest absolute Gasteiger partial charge is 0.0716 e. The average Bonchev–Trinajstić information content (AvgIpc) is 2.54. The molecule has 0 saturated heterocycles. The van der Waals surface area contributed by atoms with Gasteiger partial charge in [0.05, 0.1) is 11.0 Å². The molecular formula is C20H14BrN. The van der Waals surface area contributed by atoms with Gasteiger partial charge in [0.1, 0.15) is 0 Å². The molecule has 0 spiro atoms. The zero-order chi connectivity index (χ0) is 15.1. The van der Waals surface area contributed by atoms with Crippen LogP contribution in [0.3, 0.4) is 0 Å². The number of halogens is 1. The van der Waals surface area contributed by atoms with Crippen LogP contribution in [-0.4, -0.2) is 4.98 Å². The van der Waals surface area contributed by atoms with Gasteiger partial charge in [-0.15, -0.1) is 0 Å². The highest BCUT2D eigenvalue weighted by atomic mass is 79.9. The van der Waals surface area contributed by atoms with Crippen molar-refractivity contribution in [1.82, 2.24) is 4.98 Å². The summed E-state index contributed by atoms with van der Waals surface area (Å²) in [5.41, 5.74) is 5.80. The van der Waals surface area contributed by atoms with Gasteiger partial charge >= 0.3 is 0 Å². The van der Waals surface area contributed by atoms with Crippen LogP contribution in [-0.2, 0) is 0 Å². The molecule has 0 aliphatic heterocycles. The molecule has 22 heavy (non-hydrogen) atoms. The van der Waals surface area contributed by atoms with Gasteiger partial charge in [-0.25, -0.2) is 4.98 Å². The summed E-state index contributed by atoms with van der Waals surface area (Å²) in [5.74, 6) is 0. The molecule has 0 amide bonds. The van der Waals surface area contributed by atoms with Crippen molar-refractivity contribution in [2.24, 2.45) is 0 Å². The van der Waals surface area contributed by atoms with Crippen molar-refractivity contribution in [2.75, 3.05) is 0 Å². The molecule has 106 valence electrons. The quantitative estimate of drug-likeness (QED) is 0.377. The van der Waals surface area contributed by atoms with Gasteiger partial charge in [-0.2, -0.15) is 0 Å². The van der Waals surface area contributed by atoms with E-state index in [-0.39, 0.29) is 0 Å². The minimum atomic E-state index is 1.03. The molecular weight excluding hydrogens is 334 g/mol. The fraction of sp³-hybridized carbons (Fsp3) is 0.0500. The van der Waals surface area contributed by atoms with Gasteiger partial charge in [0.2, 0.25) is 0 Å². The number of hydrogen-bond acceptors (Lipinski definition) is 1. The van der Waals surface area contributed by atoms with E-state index in [2.05, 4.69) is 83.5 Å². The lowest BCUT2D eigenvalue weighted by Gasteiger charge is -2.12. The van der Waals surface area contributed by atoms with E-state index in [9.17, 15) is 0 Å². The highest BCUT2D eigenvalue weighted by Gasteiger charge is 2.11. The number of pyridine rings is 1. The summed E-state index contributed by atoms with van der Waals surface area (Å²) >= 11 is 3.59. The molecule has 2 heteroatoms. The van der Waals surface area contributed by atoms with Crippen molar-refractivity contribution in [3.8, 4) is 11.1 Å². The van der Waals surface area contributed by atoms with Crippen molar-refractivity contribution in [3.05, 3.63) is 76.8 Å². The molecule has 0 atom stereocenters. The summed E-state index contributed by atoms with van der Waals surface area (Å²) in [4.78, 5) is 4.83. The summed E-state index contributed by atoms with van der Waals surface area (Å²) in [7, 11) is 0. The van der Waals surface area contributed by atoms with E-state index in [0.29, 0.717) is 0 Å². The third-order valence-electron chi connectivity index (χ3n) is 3.95. The van der Waals surface area contributed by atoms with E-state index in [1.807, 2.05) is 6.07 Å². The van der Waals surface area contributed by atoms with Gasteiger partial charge in [-0.1, -0.05) is 57.9 Å². The lowest BCUT2D eigenvalue weighted by atomic mass is 9.95. The summed E-state index contributed by atoms with van der Waals surface area (Å²) in [6.45, 7) is 2.12. The average molecular weight is 348 g/mol. The third kappa shape index (κ3) is 2.20.